The molecule has 2 atom stereocenters. The number of hydrogen-bond acceptors (Lipinski definition) is 6. The van der Waals surface area contributed by atoms with Crippen molar-refractivity contribution < 1.29 is 10.4 Å². The van der Waals surface area contributed by atoms with Crippen LogP contribution in [0.3, 0.4) is 0 Å². The molecule has 0 rings (SSSR count). The van der Waals surface area contributed by atoms with Gasteiger partial charge in [-0.25, -0.2) is 0 Å². The molecule has 6 nitrogen and oxygen atoms in total. The molecule has 4 N–H and O–H groups in total. The summed E-state index contributed by atoms with van der Waals surface area (Å²) in [5, 5.41) is 29.9. The summed E-state index contributed by atoms with van der Waals surface area (Å²) in [5.41, 5.74) is 1.35. The predicted octanol–water partition coefficient (Wildman–Crippen LogP) is 1.03. The smallest absolute Gasteiger partial charge is 0.0706 e. The Kier molecular flexibility index (Phi) is 8.35. The molecule has 2 unspecified atom stereocenters. The summed E-state index contributed by atoms with van der Waals surface area (Å²) >= 11 is 0. The van der Waals surface area contributed by atoms with Crippen LogP contribution in [0.15, 0.2) is 10.3 Å². The second-order valence-corrected chi connectivity index (χ2v) is 4.19. The lowest BCUT2D eigenvalue weighted by Gasteiger charge is -2.14. The highest BCUT2D eigenvalue weighted by molar-refractivity contribution is 5.86. The molecule has 0 saturated carbocycles. The van der Waals surface area contributed by atoms with E-state index in [1.165, 1.54) is 0 Å². The van der Waals surface area contributed by atoms with E-state index < -0.39 is 0 Å². The van der Waals surface area contributed by atoms with Crippen LogP contribution in [0.25, 0.3) is 0 Å². The Morgan fingerprint density at radius 3 is 1.59 bits per heavy atom. The minimum Gasteiger partial charge on any atom is -0.411 e. The highest BCUT2D eigenvalue weighted by Crippen LogP contribution is 1.89. The van der Waals surface area contributed by atoms with Gasteiger partial charge in [-0.15, -0.1) is 0 Å². The summed E-state index contributed by atoms with van der Waals surface area (Å²) in [6.45, 7) is 9.13. The van der Waals surface area contributed by atoms with E-state index in [4.69, 9.17) is 10.4 Å². The first-order valence-corrected chi connectivity index (χ1v) is 5.86. The molecule has 0 aromatic rings. The van der Waals surface area contributed by atoms with Crippen molar-refractivity contribution in [1.82, 2.24) is 10.6 Å². The molecule has 0 aliphatic rings. The number of oxime groups is 2. The van der Waals surface area contributed by atoms with Crippen molar-refractivity contribution in [3.8, 4) is 0 Å². The molecule has 0 fully saturated rings. The molecule has 0 aliphatic carbocycles. The lowest BCUT2D eigenvalue weighted by atomic mass is 10.2. The molecule has 0 bridgehead atoms. The molecule has 0 amide bonds. The van der Waals surface area contributed by atoms with E-state index >= 15 is 0 Å². The van der Waals surface area contributed by atoms with Crippen molar-refractivity contribution >= 4 is 11.4 Å². The van der Waals surface area contributed by atoms with Crippen LogP contribution in [0.4, 0.5) is 0 Å². The minimum absolute atomic E-state index is 0.0816. The zero-order valence-electron chi connectivity index (χ0n) is 11.1. The lowest BCUT2D eigenvalue weighted by Crippen LogP contribution is -2.37. The maximum absolute atomic E-state index is 8.57. The van der Waals surface area contributed by atoms with Crippen LogP contribution in [-0.2, 0) is 0 Å². The lowest BCUT2D eigenvalue weighted by molar-refractivity contribution is 0.315. The second-order valence-electron chi connectivity index (χ2n) is 4.19. The van der Waals surface area contributed by atoms with Crippen LogP contribution >= 0.6 is 0 Å². The summed E-state index contributed by atoms with van der Waals surface area (Å²) < 4.78 is 0. The highest BCUT2D eigenvalue weighted by atomic mass is 16.4. The first kappa shape index (κ1) is 15.9. The second kappa shape index (κ2) is 8.95. The summed E-state index contributed by atoms with van der Waals surface area (Å²) in [4.78, 5) is 0. The molecule has 0 radical (unpaired) electrons. The van der Waals surface area contributed by atoms with Gasteiger partial charge >= 0.3 is 0 Å². The van der Waals surface area contributed by atoms with Crippen molar-refractivity contribution in [2.75, 3.05) is 13.1 Å². The fourth-order valence-corrected chi connectivity index (χ4v) is 1.19. The molecule has 0 aromatic heterocycles. The van der Waals surface area contributed by atoms with Crippen molar-refractivity contribution in [3.63, 3.8) is 0 Å². The Hall–Kier alpha value is -1.14. The van der Waals surface area contributed by atoms with E-state index in [1.807, 2.05) is 13.8 Å². The maximum atomic E-state index is 8.57. The van der Waals surface area contributed by atoms with E-state index in [0.717, 1.165) is 19.5 Å². The zero-order chi connectivity index (χ0) is 13.3. The van der Waals surface area contributed by atoms with Crippen LogP contribution in [-0.4, -0.2) is 47.0 Å². The van der Waals surface area contributed by atoms with Gasteiger partial charge in [0, 0.05) is 12.1 Å². The summed E-state index contributed by atoms with van der Waals surface area (Å²) in [6, 6.07) is 0.163. The fraction of sp³-hybridized carbons (Fsp3) is 0.818. The van der Waals surface area contributed by atoms with Crippen LogP contribution < -0.4 is 10.6 Å². The third-order valence-electron chi connectivity index (χ3n) is 2.82. The van der Waals surface area contributed by atoms with E-state index in [9.17, 15) is 0 Å². The van der Waals surface area contributed by atoms with E-state index in [0.29, 0.717) is 11.4 Å². The SMILES string of the molecule is C/C(=N\O)C(C)NCCCNC(C)/C(C)=N/O. The van der Waals surface area contributed by atoms with Gasteiger partial charge in [0.2, 0.25) is 0 Å². The van der Waals surface area contributed by atoms with E-state index in [1.54, 1.807) is 13.8 Å². The molecule has 0 saturated heterocycles. The number of rotatable bonds is 8. The number of nitrogens with one attached hydrogen (secondary N) is 2. The Bertz CT molecular complexity index is 240. The van der Waals surface area contributed by atoms with Gasteiger partial charge in [-0.2, -0.15) is 0 Å². The molecule has 0 aliphatic heterocycles. The minimum atomic E-state index is 0.0816. The molecule has 0 heterocycles. The molecule has 17 heavy (non-hydrogen) atoms. The van der Waals surface area contributed by atoms with Crippen molar-refractivity contribution in [2.24, 2.45) is 10.3 Å². The van der Waals surface area contributed by atoms with Gasteiger partial charge < -0.3 is 21.0 Å². The van der Waals surface area contributed by atoms with Gasteiger partial charge in [0.05, 0.1) is 11.4 Å². The van der Waals surface area contributed by atoms with Crippen LogP contribution in [0.1, 0.15) is 34.1 Å². The van der Waals surface area contributed by atoms with E-state index in [2.05, 4.69) is 20.9 Å². The summed E-state index contributed by atoms with van der Waals surface area (Å²) in [7, 11) is 0. The first-order chi connectivity index (χ1) is 8.02. The number of hydrogen-bond donors (Lipinski definition) is 4. The average Bonchev–Trinajstić information content (AvgIpc) is 2.35. The fourth-order valence-electron chi connectivity index (χ4n) is 1.19. The summed E-state index contributed by atoms with van der Waals surface area (Å²) in [5.74, 6) is 0. The third kappa shape index (κ3) is 6.91. The summed E-state index contributed by atoms with van der Waals surface area (Å²) in [6.07, 6.45) is 0.950. The quantitative estimate of drug-likeness (QED) is 0.222. The topological polar surface area (TPSA) is 89.2 Å². The monoisotopic (exact) mass is 244 g/mol. The predicted molar refractivity (Wildman–Crippen MR) is 69.3 cm³/mol. The Labute approximate surface area is 103 Å². The Morgan fingerprint density at radius 1 is 0.941 bits per heavy atom. The Morgan fingerprint density at radius 2 is 1.29 bits per heavy atom. The van der Waals surface area contributed by atoms with Gasteiger partial charge in [0.15, 0.2) is 0 Å². The Balaban J connectivity index is 3.60. The van der Waals surface area contributed by atoms with Crippen LogP contribution in [0.5, 0.6) is 0 Å². The largest absolute Gasteiger partial charge is 0.411 e. The van der Waals surface area contributed by atoms with E-state index in [-0.39, 0.29) is 12.1 Å². The zero-order valence-corrected chi connectivity index (χ0v) is 11.1. The normalized spacial score (nSPS) is 16.9. The molecule has 100 valence electrons. The molecular weight excluding hydrogens is 220 g/mol. The molecule has 0 aromatic carbocycles. The average molecular weight is 244 g/mol. The van der Waals surface area contributed by atoms with Crippen molar-refractivity contribution in [2.45, 2.75) is 46.2 Å². The molecule has 6 heteroatoms. The van der Waals surface area contributed by atoms with Crippen LogP contribution in [0, 0.1) is 0 Å². The van der Waals surface area contributed by atoms with Crippen molar-refractivity contribution in [3.05, 3.63) is 0 Å². The van der Waals surface area contributed by atoms with Gasteiger partial charge in [-0.05, 0) is 47.2 Å². The van der Waals surface area contributed by atoms with Crippen LogP contribution in [0.2, 0.25) is 0 Å². The van der Waals surface area contributed by atoms with Gasteiger partial charge in [-0.1, -0.05) is 10.3 Å². The van der Waals surface area contributed by atoms with Gasteiger partial charge in [0.1, 0.15) is 0 Å². The standard InChI is InChI=1S/C11H24N4O2/c1-8(10(3)14-16)12-6-5-7-13-9(2)11(4)15-17/h8-9,12-13,16-17H,5-7H2,1-4H3/b14-10+,15-11+. The van der Waals surface area contributed by atoms with Gasteiger partial charge in [-0.3, -0.25) is 0 Å². The maximum Gasteiger partial charge on any atom is 0.0706 e. The molecule has 0 spiro atoms. The highest BCUT2D eigenvalue weighted by Gasteiger charge is 2.06. The third-order valence-corrected chi connectivity index (χ3v) is 2.82. The first-order valence-electron chi connectivity index (χ1n) is 5.86. The van der Waals surface area contributed by atoms with Gasteiger partial charge in [0.25, 0.3) is 0 Å². The number of nitrogens with zero attached hydrogens (tertiary/aromatic N) is 2. The van der Waals surface area contributed by atoms with Crippen molar-refractivity contribution in [1.29, 1.82) is 0 Å². The molecular formula is C11H24N4O2.